The Kier molecular flexibility index (Phi) is 9.00. The molecule has 0 atom stereocenters. The van der Waals surface area contributed by atoms with Crippen molar-refractivity contribution in [3.8, 4) is 5.75 Å². The van der Waals surface area contributed by atoms with Crippen LogP contribution in [-0.2, 0) is 15.3 Å². The van der Waals surface area contributed by atoms with E-state index in [1.54, 1.807) is 19.6 Å². The van der Waals surface area contributed by atoms with E-state index in [1.165, 1.54) is 11.8 Å². The molecule has 2 aromatic carbocycles. The number of methoxy groups -OCH3 is 1. The Labute approximate surface area is 163 Å². The Balaban J connectivity index is 1.85. The van der Waals surface area contributed by atoms with Gasteiger partial charge in [0, 0.05) is 18.4 Å². The van der Waals surface area contributed by atoms with E-state index >= 15 is 0 Å². The molecule has 5 nitrogen and oxygen atoms in total. The van der Waals surface area contributed by atoms with Crippen molar-refractivity contribution in [3.63, 3.8) is 0 Å². The molecular formula is C21H23NO4S. The molecule has 0 unspecified atom stereocenters. The fourth-order valence-electron chi connectivity index (χ4n) is 2.24. The van der Waals surface area contributed by atoms with Gasteiger partial charge in [-0.15, -0.1) is 11.8 Å². The standard InChI is InChI=1S/C21H23NO4S/c1-25-14-19(22-13-17-6-3-2-4-7-17)10-11-26-20-9-5-8-18(12-20)15-27-16-21(23)24/h2-9,12-14H,10-11,15-16H2,1H3,(H,23,24)/b19-14-,22-13+. The van der Waals surface area contributed by atoms with Crippen LogP contribution in [0.15, 0.2) is 71.5 Å². The predicted molar refractivity (Wildman–Crippen MR) is 109 cm³/mol. The average molecular weight is 385 g/mol. The van der Waals surface area contributed by atoms with E-state index in [0.717, 1.165) is 22.6 Å². The fraction of sp³-hybridized carbons (Fsp3) is 0.238. The maximum atomic E-state index is 10.6. The zero-order valence-corrected chi connectivity index (χ0v) is 16.0. The SMILES string of the molecule is CO/C=C(CCOc1cccc(CSCC(=O)O)c1)\N=C\c1ccccc1. The fourth-order valence-corrected chi connectivity index (χ4v) is 2.93. The molecule has 0 aromatic heterocycles. The van der Waals surface area contributed by atoms with Crippen LogP contribution >= 0.6 is 11.8 Å². The van der Waals surface area contributed by atoms with Crippen molar-refractivity contribution in [1.29, 1.82) is 0 Å². The number of benzene rings is 2. The quantitative estimate of drug-likeness (QED) is 0.459. The lowest BCUT2D eigenvalue weighted by atomic mass is 10.2. The summed E-state index contributed by atoms with van der Waals surface area (Å²) in [7, 11) is 1.59. The molecule has 0 aliphatic carbocycles. The van der Waals surface area contributed by atoms with Crippen LogP contribution in [0.2, 0.25) is 0 Å². The molecule has 0 saturated carbocycles. The smallest absolute Gasteiger partial charge is 0.313 e. The maximum Gasteiger partial charge on any atom is 0.313 e. The first-order valence-electron chi connectivity index (χ1n) is 8.49. The maximum absolute atomic E-state index is 10.6. The monoisotopic (exact) mass is 385 g/mol. The van der Waals surface area contributed by atoms with Crippen LogP contribution in [0.25, 0.3) is 0 Å². The second-order valence-corrected chi connectivity index (χ2v) is 6.63. The number of aliphatic carboxylic acids is 1. The van der Waals surface area contributed by atoms with Crippen molar-refractivity contribution < 1.29 is 19.4 Å². The molecule has 2 aromatic rings. The van der Waals surface area contributed by atoms with E-state index in [4.69, 9.17) is 14.6 Å². The summed E-state index contributed by atoms with van der Waals surface area (Å²) in [6, 6.07) is 17.5. The number of carboxylic acids is 1. The highest BCUT2D eigenvalue weighted by molar-refractivity contribution is 7.99. The van der Waals surface area contributed by atoms with E-state index in [1.807, 2.05) is 54.6 Å². The zero-order chi connectivity index (χ0) is 19.3. The summed E-state index contributed by atoms with van der Waals surface area (Å²) in [5, 5.41) is 8.70. The van der Waals surface area contributed by atoms with Gasteiger partial charge in [-0.2, -0.15) is 0 Å². The van der Waals surface area contributed by atoms with E-state index in [9.17, 15) is 4.79 Å². The minimum Gasteiger partial charge on any atom is -0.502 e. The number of nitrogens with zero attached hydrogens (tertiary/aromatic N) is 1. The number of ether oxygens (including phenoxy) is 2. The van der Waals surface area contributed by atoms with Gasteiger partial charge < -0.3 is 14.6 Å². The highest BCUT2D eigenvalue weighted by atomic mass is 32.2. The van der Waals surface area contributed by atoms with Crippen LogP contribution in [0, 0.1) is 0 Å². The van der Waals surface area contributed by atoms with Crippen molar-refractivity contribution in [3.05, 3.63) is 77.7 Å². The number of carbonyl (C=O) groups is 1. The van der Waals surface area contributed by atoms with Crippen LogP contribution in [0.3, 0.4) is 0 Å². The van der Waals surface area contributed by atoms with Crippen LogP contribution in [0.5, 0.6) is 5.75 Å². The first-order chi connectivity index (χ1) is 13.2. The zero-order valence-electron chi connectivity index (χ0n) is 15.2. The van der Waals surface area contributed by atoms with Gasteiger partial charge in [-0.05, 0) is 23.3 Å². The van der Waals surface area contributed by atoms with Gasteiger partial charge in [-0.1, -0.05) is 42.5 Å². The van der Waals surface area contributed by atoms with Crippen LogP contribution in [0.4, 0.5) is 0 Å². The minimum absolute atomic E-state index is 0.0929. The highest BCUT2D eigenvalue weighted by Gasteiger charge is 2.02. The summed E-state index contributed by atoms with van der Waals surface area (Å²) >= 11 is 1.36. The van der Waals surface area contributed by atoms with Gasteiger partial charge in [-0.25, -0.2) is 0 Å². The third-order valence-corrected chi connectivity index (χ3v) is 4.44. The topological polar surface area (TPSA) is 68.1 Å². The molecule has 0 heterocycles. The Bertz CT molecular complexity index is 775. The normalized spacial score (nSPS) is 11.5. The molecular weight excluding hydrogens is 362 g/mol. The summed E-state index contributed by atoms with van der Waals surface area (Å²) in [5.41, 5.74) is 2.84. The van der Waals surface area contributed by atoms with Crippen molar-refractivity contribution in [2.75, 3.05) is 19.5 Å². The van der Waals surface area contributed by atoms with Gasteiger partial charge >= 0.3 is 5.97 Å². The highest BCUT2D eigenvalue weighted by Crippen LogP contribution is 2.19. The van der Waals surface area contributed by atoms with Gasteiger partial charge in [0.15, 0.2) is 0 Å². The number of hydrogen-bond acceptors (Lipinski definition) is 5. The molecule has 27 heavy (non-hydrogen) atoms. The van der Waals surface area contributed by atoms with Gasteiger partial charge in [0.05, 0.1) is 25.2 Å². The molecule has 0 bridgehead atoms. The molecule has 0 aliphatic rings. The molecule has 0 spiro atoms. The first kappa shape index (κ1) is 20.6. The predicted octanol–water partition coefficient (Wildman–Crippen LogP) is 4.38. The Morgan fingerprint density at radius 2 is 2.00 bits per heavy atom. The summed E-state index contributed by atoms with van der Waals surface area (Å²) in [5.74, 6) is 0.684. The number of rotatable bonds is 11. The first-order valence-corrected chi connectivity index (χ1v) is 9.65. The summed E-state index contributed by atoms with van der Waals surface area (Å²) in [4.78, 5) is 15.0. The Hall–Kier alpha value is -2.73. The third-order valence-electron chi connectivity index (χ3n) is 3.45. The van der Waals surface area contributed by atoms with Gasteiger partial charge in [0.2, 0.25) is 0 Å². The van der Waals surface area contributed by atoms with E-state index in [0.29, 0.717) is 18.8 Å². The molecule has 0 saturated heterocycles. The lowest BCUT2D eigenvalue weighted by Gasteiger charge is -2.08. The second kappa shape index (κ2) is 11.8. The average Bonchev–Trinajstić information content (AvgIpc) is 2.67. The van der Waals surface area contributed by atoms with Crippen molar-refractivity contribution in [2.45, 2.75) is 12.2 Å². The van der Waals surface area contributed by atoms with Crippen molar-refractivity contribution in [2.24, 2.45) is 4.99 Å². The number of thioether (sulfide) groups is 1. The van der Waals surface area contributed by atoms with Gasteiger partial charge in [-0.3, -0.25) is 9.79 Å². The molecule has 2 rings (SSSR count). The van der Waals surface area contributed by atoms with E-state index < -0.39 is 5.97 Å². The third kappa shape index (κ3) is 8.46. The summed E-state index contributed by atoms with van der Waals surface area (Å²) in [6.45, 7) is 0.465. The molecule has 0 aliphatic heterocycles. The van der Waals surface area contributed by atoms with Crippen LogP contribution in [-0.4, -0.2) is 36.8 Å². The lowest BCUT2D eigenvalue weighted by molar-refractivity contribution is -0.133. The van der Waals surface area contributed by atoms with E-state index in [2.05, 4.69) is 4.99 Å². The summed E-state index contributed by atoms with van der Waals surface area (Å²) < 4.78 is 10.9. The number of hydrogen-bond donors (Lipinski definition) is 1. The van der Waals surface area contributed by atoms with Crippen LogP contribution in [0.1, 0.15) is 17.5 Å². The Morgan fingerprint density at radius 1 is 1.19 bits per heavy atom. The molecule has 0 fully saturated rings. The number of carboxylic acid groups (broad SMARTS) is 1. The van der Waals surface area contributed by atoms with Crippen LogP contribution < -0.4 is 4.74 Å². The van der Waals surface area contributed by atoms with Crippen molar-refractivity contribution in [1.82, 2.24) is 0 Å². The molecule has 0 radical (unpaired) electrons. The largest absolute Gasteiger partial charge is 0.502 e. The molecule has 6 heteroatoms. The van der Waals surface area contributed by atoms with Gasteiger partial charge in [0.1, 0.15) is 12.0 Å². The second-order valence-electron chi connectivity index (χ2n) is 5.65. The van der Waals surface area contributed by atoms with Gasteiger partial charge in [0.25, 0.3) is 0 Å². The van der Waals surface area contributed by atoms with E-state index in [-0.39, 0.29) is 5.75 Å². The molecule has 1 N–H and O–H groups in total. The minimum atomic E-state index is -0.805. The lowest BCUT2D eigenvalue weighted by Crippen LogP contribution is -2.00. The molecule has 142 valence electrons. The Morgan fingerprint density at radius 3 is 2.74 bits per heavy atom. The summed E-state index contributed by atoms with van der Waals surface area (Å²) in [6.07, 6.45) is 4.02. The van der Waals surface area contributed by atoms with Crippen molar-refractivity contribution >= 4 is 23.9 Å². The molecule has 0 amide bonds. The number of aliphatic imine (C=N–C) groups is 1.